The van der Waals surface area contributed by atoms with E-state index >= 15 is 0 Å². The minimum Gasteiger partial charge on any atom is -0.378 e. The van der Waals surface area contributed by atoms with E-state index in [1.54, 1.807) is 0 Å². The van der Waals surface area contributed by atoms with Crippen LogP contribution in [0.1, 0.15) is 23.3 Å². The summed E-state index contributed by atoms with van der Waals surface area (Å²) in [5.74, 6) is -0.390. The van der Waals surface area contributed by atoms with Gasteiger partial charge in [0.15, 0.2) is 5.16 Å². The fraction of sp³-hybridized carbons (Fsp3) is 0.333. The van der Waals surface area contributed by atoms with Crippen LogP contribution in [0.4, 0.5) is 14.7 Å². The molecule has 0 amide bonds. The molecule has 5 nitrogen and oxygen atoms in total. The number of hydrogen-bond donors (Lipinski definition) is 0. The van der Waals surface area contributed by atoms with E-state index in [-0.39, 0.29) is 5.25 Å². The lowest BCUT2D eigenvalue weighted by Gasteiger charge is -2.28. The standard InChI is InChI=1S/C21H22F2N4OS/c1-14-5-3-4-6-19(14)27-20(26-9-11-28-12-10-26)24-25-21(27)29-15(2)17-8-7-16(22)13-18(17)23/h3-8,13,15H,9-12H2,1-2H3. The number of rotatable bonds is 5. The van der Waals surface area contributed by atoms with Gasteiger partial charge in [0.1, 0.15) is 11.6 Å². The van der Waals surface area contributed by atoms with Crippen molar-refractivity contribution in [3.8, 4) is 5.69 Å². The van der Waals surface area contributed by atoms with Crippen LogP contribution in [0.15, 0.2) is 47.6 Å². The summed E-state index contributed by atoms with van der Waals surface area (Å²) in [6, 6.07) is 11.7. The van der Waals surface area contributed by atoms with Gasteiger partial charge in [-0.15, -0.1) is 10.2 Å². The first-order valence-corrected chi connectivity index (χ1v) is 10.4. The van der Waals surface area contributed by atoms with E-state index in [2.05, 4.69) is 15.1 Å². The summed E-state index contributed by atoms with van der Waals surface area (Å²) in [7, 11) is 0. The molecule has 0 N–H and O–H groups in total. The molecular weight excluding hydrogens is 394 g/mol. The van der Waals surface area contributed by atoms with Gasteiger partial charge in [0.05, 0.1) is 18.9 Å². The Hall–Kier alpha value is -2.45. The van der Waals surface area contributed by atoms with Gasteiger partial charge in [-0.05, 0) is 31.5 Å². The van der Waals surface area contributed by atoms with Gasteiger partial charge in [-0.1, -0.05) is 36.0 Å². The Bertz CT molecular complexity index is 1000. The molecule has 0 spiro atoms. The van der Waals surface area contributed by atoms with Crippen LogP contribution in [0.2, 0.25) is 0 Å². The Balaban J connectivity index is 1.73. The molecule has 3 aromatic rings. The first-order valence-electron chi connectivity index (χ1n) is 9.50. The molecule has 0 bridgehead atoms. The molecule has 1 saturated heterocycles. The number of aromatic nitrogens is 3. The normalized spacial score (nSPS) is 15.5. The lowest BCUT2D eigenvalue weighted by atomic mass is 10.1. The molecule has 152 valence electrons. The molecule has 1 fully saturated rings. The van der Waals surface area contributed by atoms with Gasteiger partial charge >= 0.3 is 0 Å². The molecular formula is C21H22F2N4OS. The van der Waals surface area contributed by atoms with Crippen LogP contribution >= 0.6 is 11.8 Å². The Morgan fingerprint density at radius 2 is 1.83 bits per heavy atom. The minimum atomic E-state index is -0.582. The Kier molecular flexibility index (Phi) is 5.82. The molecule has 1 atom stereocenters. The van der Waals surface area contributed by atoms with Crippen molar-refractivity contribution < 1.29 is 13.5 Å². The molecule has 0 saturated carbocycles. The quantitative estimate of drug-likeness (QED) is 0.571. The van der Waals surface area contributed by atoms with Crippen molar-refractivity contribution in [3.63, 3.8) is 0 Å². The second kappa shape index (κ2) is 8.51. The fourth-order valence-electron chi connectivity index (χ4n) is 3.38. The molecule has 29 heavy (non-hydrogen) atoms. The zero-order valence-electron chi connectivity index (χ0n) is 16.3. The second-order valence-corrected chi connectivity index (χ2v) is 8.24. The highest BCUT2D eigenvalue weighted by molar-refractivity contribution is 7.99. The van der Waals surface area contributed by atoms with Crippen LogP contribution < -0.4 is 4.90 Å². The van der Waals surface area contributed by atoms with Gasteiger partial charge in [-0.2, -0.15) is 0 Å². The van der Waals surface area contributed by atoms with Crippen molar-refractivity contribution >= 4 is 17.7 Å². The van der Waals surface area contributed by atoms with E-state index in [9.17, 15) is 8.78 Å². The van der Waals surface area contributed by atoms with Crippen LogP contribution in [-0.4, -0.2) is 41.1 Å². The zero-order valence-corrected chi connectivity index (χ0v) is 17.1. The number of nitrogens with zero attached hydrogens (tertiary/aromatic N) is 4. The Morgan fingerprint density at radius 1 is 1.07 bits per heavy atom. The van der Waals surface area contributed by atoms with Gasteiger partial charge in [0, 0.05) is 30.0 Å². The van der Waals surface area contributed by atoms with Crippen LogP contribution in [0.5, 0.6) is 0 Å². The monoisotopic (exact) mass is 416 g/mol. The smallest absolute Gasteiger partial charge is 0.232 e. The van der Waals surface area contributed by atoms with E-state index in [0.29, 0.717) is 23.9 Å². The summed E-state index contributed by atoms with van der Waals surface area (Å²) in [5, 5.41) is 9.27. The van der Waals surface area contributed by atoms with Crippen molar-refractivity contribution in [3.05, 3.63) is 65.2 Å². The van der Waals surface area contributed by atoms with Crippen molar-refractivity contribution in [2.24, 2.45) is 0 Å². The predicted molar refractivity (Wildman–Crippen MR) is 110 cm³/mol. The highest BCUT2D eigenvalue weighted by Crippen LogP contribution is 2.38. The van der Waals surface area contributed by atoms with Crippen molar-refractivity contribution in [1.82, 2.24) is 14.8 Å². The SMILES string of the molecule is Cc1ccccc1-n1c(SC(C)c2ccc(F)cc2F)nnc1N1CCOCC1. The van der Waals surface area contributed by atoms with Crippen molar-refractivity contribution in [1.29, 1.82) is 0 Å². The third-order valence-corrected chi connectivity index (χ3v) is 6.03. The van der Waals surface area contributed by atoms with E-state index in [1.165, 1.54) is 23.9 Å². The number of para-hydroxylation sites is 1. The molecule has 2 aromatic carbocycles. The van der Waals surface area contributed by atoms with Gasteiger partial charge < -0.3 is 9.64 Å². The highest BCUT2D eigenvalue weighted by atomic mass is 32.2. The molecule has 1 aliphatic heterocycles. The van der Waals surface area contributed by atoms with Crippen molar-refractivity contribution in [2.75, 3.05) is 31.2 Å². The molecule has 2 heterocycles. The summed E-state index contributed by atoms with van der Waals surface area (Å²) in [5.41, 5.74) is 2.50. The van der Waals surface area contributed by atoms with Gasteiger partial charge in [0.2, 0.25) is 5.95 Å². The molecule has 1 aliphatic rings. The highest BCUT2D eigenvalue weighted by Gasteiger charge is 2.24. The maximum atomic E-state index is 14.3. The topological polar surface area (TPSA) is 43.2 Å². The molecule has 1 unspecified atom stereocenters. The fourth-order valence-corrected chi connectivity index (χ4v) is 4.39. The maximum absolute atomic E-state index is 14.3. The predicted octanol–water partition coefficient (Wildman–Crippen LogP) is 4.54. The minimum absolute atomic E-state index is 0.264. The lowest BCUT2D eigenvalue weighted by molar-refractivity contribution is 0.122. The van der Waals surface area contributed by atoms with E-state index in [0.717, 1.165) is 36.4 Å². The van der Waals surface area contributed by atoms with Crippen LogP contribution in [0.3, 0.4) is 0 Å². The maximum Gasteiger partial charge on any atom is 0.232 e. The average molecular weight is 416 g/mol. The average Bonchev–Trinajstić information content (AvgIpc) is 3.12. The summed E-state index contributed by atoms with van der Waals surface area (Å²) in [6.45, 7) is 6.66. The lowest BCUT2D eigenvalue weighted by Crippen LogP contribution is -2.38. The van der Waals surface area contributed by atoms with Gasteiger partial charge in [-0.25, -0.2) is 8.78 Å². The Labute approximate surface area is 172 Å². The summed E-state index contributed by atoms with van der Waals surface area (Å²) in [4.78, 5) is 2.15. The number of morpholine rings is 1. The molecule has 1 aromatic heterocycles. The van der Waals surface area contributed by atoms with Gasteiger partial charge in [-0.3, -0.25) is 4.57 Å². The van der Waals surface area contributed by atoms with E-state index in [1.807, 2.05) is 42.7 Å². The number of hydrogen-bond acceptors (Lipinski definition) is 5. The van der Waals surface area contributed by atoms with Crippen LogP contribution in [-0.2, 0) is 4.74 Å². The largest absolute Gasteiger partial charge is 0.378 e. The van der Waals surface area contributed by atoms with Crippen molar-refractivity contribution in [2.45, 2.75) is 24.3 Å². The van der Waals surface area contributed by atoms with E-state index in [4.69, 9.17) is 4.74 Å². The number of anilines is 1. The first kappa shape index (κ1) is 19.8. The zero-order chi connectivity index (χ0) is 20.4. The third kappa shape index (κ3) is 4.13. The number of halogens is 2. The number of aryl methyl sites for hydroxylation is 1. The summed E-state index contributed by atoms with van der Waals surface area (Å²) in [6.07, 6.45) is 0. The number of thioether (sulfide) groups is 1. The first-order chi connectivity index (χ1) is 14.0. The van der Waals surface area contributed by atoms with Crippen LogP contribution in [0.25, 0.3) is 5.69 Å². The molecule has 0 radical (unpaired) electrons. The molecule has 8 heteroatoms. The van der Waals surface area contributed by atoms with Crippen LogP contribution in [0, 0.1) is 18.6 Å². The van der Waals surface area contributed by atoms with E-state index < -0.39 is 11.6 Å². The summed E-state index contributed by atoms with van der Waals surface area (Å²) < 4.78 is 35.0. The number of benzene rings is 2. The summed E-state index contributed by atoms with van der Waals surface area (Å²) >= 11 is 1.40. The second-order valence-electron chi connectivity index (χ2n) is 6.93. The number of ether oxygens (including phenoxy) is 1. The Morgan fingerprint density at radius 3 is 2.55 bits per heavy atom. The third-order valence-electron chi connectivity index (χ3n) is 4.95. The van der Waals surface area contributed by atoms with Gasteiger partial charge in [0.25, 0.3) is 0 Å². The molecule has 0 aliphatic carbocycles. The molecule has 4 rings (SSSR count).